The van der Waals surface area contributed by atoms with Gasteiger partial charge >= 0.3 is 0 Å². The van der Waals surface area contributed by atoms with Crippen LogP contribution in [0, 0.1) is 0 Å². The predicted octanol–water partition coefficient (Wildman–Crippen LogP) is 1.81. The van der Waals surface area contributed by atoms with E-state index in [-0.39, 0.29) is 6.04 Å². The number of benzene rings is 1. The monoisotopic (exact) mass is 242 g/mol. The molecule has 0 spiro atoms. The Kier molecular flexibility index (Phi) is 2.17. The number of nitrogens with two attached hydrogens (primary N) is 2. The van der Waals surface area contributed by atoms with Gasteiger partial charge in [0.05, 0.1) is 11.1 Å². The number of hydrogen-bond acceptors (Lipinski definition) is 3. The molecule has 3 nitrogen and oxygen atoms in total. The van der Waals surface area contributed by atoms with Crippen LogP contribution in [0.4, 0.5) is 5.69 Å². The first-order valence-electron chi connectivity index (χ1n) is 4.16. The Labute approximate surface area is 85.2 Å². The van der Waals surface area contributed by atoms with E-state index in [4.69, 9.17) is 16.2 Å². The third-order valence-corrected chi connectivity index (χ3v) is 3.05. The molecular formula is C9H11BrN2O. The van der Waals surface area contributed by atoms with Crippen LogP contribution in [0.2, 0.25) is 0 Å². The molecule has 0 aromatic heterocycles. The average molecular weight is 243 g/mol. The number of anilines is 1. The number of rotatable bonds is 0. The van der Waals surface area contributed by atoms with Crippen molar-refractivity contribution in [2.45, 2.75) is 12.5 Å². The number of nitrogen functional groups attached to an aromatic ring is 1. The molecule has 2 rings (SSSR count). The van der Waals surface area contributed by atoms with Gasteiger partial charge in [0, 0.05) is 23.7 Å². The molecule has 0 aliphatic carbocycles. The lowest BCUT2D eigenvalue weighted by Gasteiger charge is -2.24. The van der Waals surface area contributed by atoms with Crippen molar-refractivity contribution in [3.63, 3.8) is 0 Å². The summed E-state index contributed by atoms with van der Waals surface area (Å²) in [5.74, 6) is 0.804. The van der Waals surface area contributed by atoms with Crippen molar-refractivity contribution in [1.82, 2.24) is 0 Å². The second kappa shape index (κ2) is 3.20. The van der Waals surface area contributed by atoms with Crippen LogP contribution in [0.3, 0.4) is 0 Å². The van der Waals surface area contributed by atoms with Crippen molar-refractivity contribution in [2.75, 3.05) is 12.3 Å². The molecule has 0 amide bonds. The zero-order valence-corrected chi connectivity index (χ0v) is 8.67. The smallest absolute Gasteiger partial charge is 0.140 e. The van der Waals surface area contributed by atoms with Crippen LogP contribution in [0.15, 0.2) is 16.6 Å². The van der Waals surface area contributed by atoms with E-state index in [1.165, 1.54) is 0 Å². The normalized spacial score (nSPS) is 20.6. The Morgan fingerprint density at radius 1 is 1.46 bits per heavy atom. The molecular weight excluding hydrogens is 232 g/mol. The Hall–Kier alpha value is -0.740. The van der Waals surface area contributed by atoms with E-state index in [0.29, 0.717) is 12.3 Å². The van der Waals surface area contributed by atoms with Crippen molar-refractivity contribution < 1.29 is 4.74 Å². The zero-order chi connectivity index (χ0) is 9.42. The standard InChI is InChI=1S/C9H11BrN2O/c10-8-7(12)2-1-5-6(11)3-4-13-9(5)8/h1-2,6H,3-4,11-12H2. The fourth-order valence-corrected chi connectivity index (χ4v) is 1.94. The van der Waals surface area contributed by atoms with E-state index < -0.39 is 0 Å². The van der Waals surface area contributed by atoms with Crippen LogP contribution in [-0.2, 0) is 0 Å². The third kappa shape index (κ3) is 1.40. The highest BCUT2D eigenvalue weighted by molar-refractivity contribution is 9.10. The molecule has 1 atom stereocenters. The van der Waals surface area contributed by atoms with Crippen LogP contribution in [-0.4, -0.2) is 6.61 Å². The summed E-state index contributed by atoms with van der Waals surface area (Å²) in [5.41, 5.74) is 13.4. The summed E-state index contributed by atoms with van der Waals surface area (Å²) in [6.07, 6.45) is 0.864. The number of hydrogen-bond donors (Lipinski definition) is 2. The van der Waals surface area contributed by atoms with Gasteiger partial charge in [-0.25, -0.2) is 0 Å². The minimum atomic E-state index is 0.0700. The van der Waals surface area contributed by atoms with Gasteiger partial charge in [0.15, 0.2) is 0 Å². The van der Waals surface area contributed by atoms with Gasteiger partial charge in [-0.05, 0) is 22.0 Å². The fraction of sp³-hybridized carbons (Fsp3) is 0.333. The first-order chi connectivity index (χ1) is 6.20. The largest absolute Gasteiger partial charge is 0.492 e. The maximum Gasteiger partial charge on any atom is 0.140 e. The van der Waals surface area contributed by atoms with Crippen molar-refractivity contribution in [2.24, 2.45) is 5.73 Å². The van der Waals surface area contributed by atoms with Gasteiger partial charge in [-0.2, -0.15) is 0 Å². The second-order valence-electron chi connectivity index (χ2n) is 3.13. The van der Waals surface area contributed by atoms with E-state index in [1.807, 2.05) is 12.1 Å². The van der Waals surface area contributed by atoms with Crippen LogP contribution >= 0.6 is 15.9 Å². The van der Waals surface area contributed by atoms with Crippen molar-refractivity contribution >= 4 is 21.6 Å². The Balaban J connectivity index is 2.56. The van der Waals surface area contributed by atoms with Crippen molar-refractivity contribution in [3.05, 3.63) is 22.2 Å². The topological polar surface area (TPSA) is 61.3 Å². The van der Waals surface area contributed by atoms with Crippen LogP contribution < -0.4 is 16.2 Å². The quantitative estimate of drug-likeness (QED) is 0.683. The van der Waals surface area contributed by atoms with Gasteiger partial charge < -0.3 is 16.2 Å². The Bertz CT molecular complexity index is 341. The molecule has 0 saturated heterocycles. The number of halogens is 1. The van der Waals surface area contributed by atoms with Gasteiger partial charge in [0.1, 0.15) is 5.75 Å². The summed E-state index contributed by atoms with van der Waals surface area (Å²) in [7, 11) is 0. The predicted molar refractivity (Wildman–Crippen MR) is 55.6 cm³/mol. The van der Waals surface area contributed by atoms with Gasteiger partial charge in [-0.15, -0.1) is 0 Å². The molecule has 0 radical (unpaired) electrons. The van der Waals surface area contributed by atoms with Crippen LogP contribution in [0.5, 0.6) is 5.75 Å². The molecule has 1 aromatic carbocycles. The van der Waals surface area contributed by atoms with Gasteiger partial charge in [0.2, 0.25) is 0 Å². The average Bonchev–Trinajstić information content (AvgIpc) is 2.12. The zero-order valence-electron chi connectivity index (χ0n) is 7.09. The van der Waals surface area contributed by atoms with Gasteiger partial charge in [0.25, 0.3) is 0 Å². The summed E-state index contributed by atoms with van der Waals surface area (Å²) < 4.78 is 6.32. The summed E-state index contributed by atoms with van der Waals surface area (Å²) in [6, 6.07) is 3.84. The van der Waals surface area contributed by atoms with Crippen molar-refractivity contribution in [3.8, 4) is 5.75 Å². The molecule has 4 N–H and O–H groups in total. The first-order valence-corrected chi connectivity index (χ1v) is 4.95. The van der Waals surface area contributed by atoms with E-state index in [0.717, 1.165) is 22.2 Å². The SMILES string of the molecule is Nc1ccc2c(c1Br)OCCC2N. The van der Waals surface area contributed by atoms with Gasteiger partial charge in [-0.1, -0.05) is 6.07 Å². The van der Waals surface area contributed by atoms with E-state index in [9.17, 15) is 0 Å². The lowest BCUT2D eigenvalue weighted by Crippen LogP contribution is -2.21. The Morgan fingerprint density at radius 3 is 3.00 bits per heavy atom. The highest BCUT2D eigenvalue weighted by Gasteiger charge is 2.21. The third-order valence-electron chi connectivity index (χ3n) is 2.23. The maximum absolute atomic E-state index is 5.92. The molecule has 4 heteroatoms. The molecule has 0 saturated carbocycles. The molecule has 0 bridgehead atoms. The lowest BCUT2D eigenvalue weighted by molar-refractivity contribution is 0.267. The summed E-state index contributed by atoms with van der Waals surface area (Å²) in [5, 5.41) is 0. The second-order valence-corrected chi connectivity index (χ2v) is 3.92. The lowest BCUT2D eigenvalue weighted by atomic mass is 10.0. The summed E-state index contributed by atoms with van der Waals surface area (Å²) >= 11 is 3.39. The van der Waals surface area contributed by atoms with Crippen LogP contribution in [0.1, 0.15) is 18.0 Å². The summed E-state index contributed by atoms with van der Waals surface area (Å²) in [4.78, 5) is 0. The minimum Gasteiger partial charge on any atom is -0.492 e. The highest BCUT2D eigenvalue weighted by Crippen LogP contribution is 2.39. The highest BCUT2D eigenvalue weighted by atomic mass is 79.9. The minimum absolute atomic E-state index is 0.0700. The molecule has 70 valence electrons. The van der Waals surface area contributed by atoms with Crippen LogP contribution in [0.25, 0.3) is 0 Å². The van der Waals surface area contributed by atoms with Crippen molar-refractivity contribution in [1.29, 1.82) is 0 Å². The molecule has 13 heavy (non-hydrogen) atoms. The molecule has 1 aliphatic rings. The first kappa shape index (κ1) is 8.84. The number of fused-ring (bicyclic) bond motifs is 1. The number of ether oxygens (including phenoxy) is 1. The Morgan fingerprint density at radius 2 is 2.23 bits per heavy atom. The molecule has 1 heterocycles. The van der Waals surface area contributed by atoms with E-state index >= 15 is 0 Å². The van der Waals surface area contributed by atoms with Gasteiger partial charge in [-0.3, -0.25) is 0 Å². The molecule has 1 unspecified atom stereocenters. The molecule has 0 fully saturated rings. The van der Waals surface area contributed by atoms with E-state index in [2.05, 4.69) is 15.9 Å². The molecule has 1 aliphatic heterocycles. The fourth-order valence-electron chi connectivity index (χ4n) is 1.47. The van der Waals surface area contributed by atoms with E-state index in [1.54, 1.807) is 0 Å². The maximum atomic E-state index is 5.92. The molecule has 1 aromatic rings. The summed E-state index contributed by atoms with van der Waals surface area (Å²) in [6.45, 7) is 0.663.